The maximum absolute atomic E-state index is 11.3. The van der Waals surface area contributed by atoms with Crippen LogP contribution in [0.5, 0.6) is 0 Å². The molecule has 4 heteroatoms. The number of methoxy groups -OCH3 is 1. The summed E-state index contributed by atoms with van der Waals surface area (Å²) in [4.78, 5) is 11.3. The Balaban J connectivity index is 3.36. The van der Waals surface area contributed by atoms with Gasteiger partial charge in [0.25, 0.3) is 0 Å². The first-order valence-corrected chi connectivity index (χ1v) is 4.96. The molecule has 0 atom stereocenters. The molecule has 0 bridgehead atoms. The van der Waals surface area contributed by atoms with E-state index < -0.39 is 5.97 Å². The van der Waals surface area contributed by atoms with E-state index in [1.54, 1.807) is 12.1 Å². The van der Waals surface area contributed by atoms with Gasteiger partial charge in [0.1, 0.15) is 0 Å². The van der Waals surface area contributed by atoms with Crippen LogP contribution in [0.2, 0.25) is 0 Å². The molecule has 0 amide bonds. The van der Waals surface area contributed by atoms with Crippen LogP contribution in [0.4, 0.5) is 0 Å². The number of halogens is 1. The van der Waals surface area contributed by atoms with Gasteiger partial charge < -0.3 is 4.74 Å². The SMILES string of the molecule is COC(=O)c1cc(C#N)cc(I)c1C. The van der Waals surface area contributed by atoms with Crippen LogP contribution in [-0.4, -0.2) is 13.1 Å². The van der Waals surface area contributed by atoms with Gasteiger partial charge in [-0.1, -0.05) is 0 Å². The lowest BCUT2D eigenvalue weighted by molar-refractivity contribution is 0.0600. The van der Waals surface area contributed by atoms with E-state index in [4.69, 9.17) is 5.26 Å². The molecule has 1 rings (SSSR count). The zero-order valence-electron chi connectivity index (χ0n) is 7.80. The maximum atomic E-state index is 11.3. The maximum Gasteiger partial charge on any atom is 0.338 e. The Morgan fingerprint density at radius 2 is 2.21 bits per heavy atom. The highest BCUT2D eigenvalue weighted by Crippen LogP contribution is 2.19. The van der Waals surface area contributed by atoms with Gasteiger partial charge in [-0.05, 0) is 47.2 Å². The second kappa shape index (κ2) is 4.42. The number of hydrogen-bond donors (Lipinski definition) is 0. The molecule has 0 radical (unpaired) electrons. The lowest BCUT2D eigenvalue weighted by Crippen LogP contribution is -2.05. The smallest absolute Gasteiger partial charge is 0.338 e. The van der Waals surface area contributed by atoms with Crippen molar-refractivity contribution in [3.05, 3.63) is 32.4 Å². The van der Waals surface area contributed by atoms with Gasteiger partial charge in [0.2, 0.25) is 0 Å². The number of nitrogens with zero attached hydrogens (tertiary/aromatic N) is 1. The first kappa shape index (κ1) is 11.0. The summed E-state index contributed by atoms with van der Waals surface area (Å²) in [7, 11) is 1.33. The predicted molar refractivity (Wildman–Crippen MR) is 60.0 cm³/mol. The third kappa shape index (κ3) is 2.04. The fraction of sp³-hybridized carbons (Fsp3) is 0.200. The van der Waals surface area contributed by atoms with Crippen molar-refractivity contribution in [3.63, 3.8) is 0 Å². The second-order valence-corrected chi connectivity index (χ2v) is 3.90. The molecule has 0 heterocycles. The number of carbonyl (C=O) groups is 1. The molecule has 0 aliphatic rings. The lowest BCUT2D eigenvalue weighted by Gasteiger charge is -2.05. The van der Waals surface area contributed by atoms with Gasteiger partial charge in [-0.25, -0.2) is 4.79 Å². The Bertz CT molecular complexity index is 421. The number of carbonyl (C=O) groups excluding carboxylic acids is 1. The normalized spacial score (nSPS) is 9.29. The summed E-state index contributed by atoms with van der Waals surface area (Å²) in [5.41, 5.74) is 1.77. The summed E-state index contributed by atoms with van der Waals surface area (Å²) in [6, 6.07) is 5.29. The van der Waals surface area contributed by atoms with Crippen LogP contribution in [0.3, 0.4) is 0 Å². The molecule has 3 nitrogen and oxygen atoms in total. The Morgan fingerprint density at radius 3 is 2.71 bits per heavy atom. The highest BCUT2D eigenvalue weighted by molar-refractivity contribution is 14.1. The molecule has 0 unspecified atom stereocenters. The summed E-state index contributed by atoms with van der Waals surface area (Å²) < 4.78 is 5.51. The van der Waals surface area contributed by atoms with Crippen LogP contribution in [-0.2, 0) is 4.74 Å². The molecule has 14 heavy (non-hydrogen) atoms. The zero-order valence-corrected chi connectivity index (χ0v) is 9.95. The molecule has 0 aromatic heterocycles. The van der Waals surface area contributed by atoms with Gasteiger partial charge in [0.05, 0.1) is 24.3 Å². The number of nitriles is 1. The first-order valence-electron chi connectivity index (χ1n) is 3.88. The highest BCUT2D eigenvalue weighted by Gasteiger charge is 2.12. The van der Waals surface area contributed by atoms with E-state index in [1.807, 2.05) is 13.0 Å². The minimum atomic E-state index is -0.405. The fourth-order valence-electron chi connectivity index (χ4n) is 1.07. The molecule has 1 aromatic carbocycles. The van der Waals surface area contributed by atoms with Crippen molar-refractivity contribution >= 4 is 28.6 Å². The molecule has 1 aromatic rings. The largest absolute Gasteiger partial charge is 0.465 e. The van der Waals surface area contributed by atoms with E-state index in [9.17, 15) is 4.79 Å². The minimum Gasteiger partial charge on any atom is -0.465 e. The Morgan fingerprint density at radius 1 is 1.57 bits per heavy atom. The van der Waals surface area contributed by atoms with Crippen LogP contribution in [0.1, 0.15) is 21.5 Å². The van der Waals surface area contributed by atoms with Crippen molar-refractivity contribution in [3.8, 4) is 6.07 Å². The lowest BCUT2D eigenvalue weighted by atomic mass is 10.1. The van der Waals surface area contributed by atoms with E-state index in [1.165, 1.54) is 7.11 Å². The monoisotopic (exact) mass is 301 g/mol. The standard InChI is InChI=1S/C10H8INO2/c1-6-8(10(13)14-2)3-7(5-12)4-9(6)11/h3-4H,1-2H3. The summed E-state index contributed by atoms with van der Waals surface area (Å²) in [6.07, 6.45) is 0. The van der Waals surface area contributed by atoms with Gasteiger partial charge in [-0.3, -0.25) is 0 Å². The minimum absolute atomic E-state index is 0.405. The van der Waals surface area contributed by atoms with Gasteiger partial charge in [-0.2, -0.15) is 5.26 Å². The van der Waals surface area contributed by atoms with Gasteiger partial charge in [0.15, 0.2) is 0 Å². The van der Waals surface area contributed by atoms with Crippen molar-refractivity contribution in [2.45, 2.75) is 6.92 Å². The summed E-state index contributed by atoms with van der Waals surface area (Å²) in [5, 5.41) is 8.73. The van der Waals surface area contributed by atoms with Crippen molar-refractivity contribution in [1.29, 1.82) is 5.26 Å². The molecule has 0 aliphatic carbocycles. The fourth-order valence-corrected chi connectivity index (χ4v) is 1.69. The average Bonchev–Trinajstić information content (AvgIpc) is 2.20. The molecular weight excluding hydrogens is 293 g/mol. The number of rotatable bonds is 1. The van der Waals surface area contributed by atoms with Gasteiger partial charge >= 0.3 is 5.97 Å². The zero-order chi connectivity index (χ0) is 10.7. The average molecular weight is 301 g/mol. The van der Waals surface area contributed by atoms with Crippen LogP contribution < -0.4 is 0 Å². The molecular formula is C10H8INO2. The van der Waals surface area contributed by atoms with Crippen molar-refractivity contribution in [2.24, 2.45) is 0 Å². The second-order valence-electron chi connectivity index (χ2n) is 2.73. The van der Waals surface area contributed by atoms with Crippen LogP contribution >= 0.6 is 22.6 Å². The number of esters is 1. The third-order valence-corrected chi connectivity index (χ3v) is 3.00. The molecule has 72 valence electrons. The van der Waals surface area contributed by atoms with E-state index >= 15 is 0 Å². The summed E-state index contributed by atoms with van der Waals surface area (Å²) in [5.74, 6) is -0.405. The van der Waals surface area contributed by atoms with Crippen molar-refractivity contribution in [1.82, 2.24) is 0 Å². The highest BCUT2D eigenvalue weighted by atomic mass is 127. The van der Waals surface area contributed by atoms with Crippen LogP contribution in [0.25, 0.3) is 0 Å². The Labute approximate surface area is 95.8 Å². The molecule has 0 saturated carbocycles. The molecule has 0 saturated heterocycles. The van der Waals surface area contributed by atoms with E-state index in [-0.39, 0.29) is 0 Å². The van der Waals surface area contributed by atoms with E-state index in [0.29, 0.717) is 11.1 Å². The molecule has 0 N–H and O–H groups in total. The summed E-state index contributed by atoms with van der Waals surface area (Å²) >= 11 is 2.09. The van der Waals surface area contributed by atoms with E-state index in [2.05, 4.69) is 27.3 Å². The molecule has 0 aliphatic heterocycles. The number of ether oxygens (including phenoxy) is 1. The molecule has 0 fully saturated rings. The van der Waals surface area contributed by atoms with Gasteiger partial charge in [0, 0.05) is 3.57 Å². The summed E-state index contributed by atoms with van der Waals surface area (Å²) in [6.45, 7) is 1.83. The van der Waals surface area contributed by atoms with Crippen LogP contribution in [0.15, 0.2) is 12.1 Å². The molecule has 0 spiro atoms. The van der Waals surface area contributed by atoms with E-state index in [0.717, 1.165) is 9.13 Å². The Hall–Kier alpha value is -1.09. The number of hydrogen-bond acceptors (Lipinski definition) is 3. The quantitative estimate of drug-likeness (QED) is 0.590. The first-order chi connectivity index (χ1) is 6.60. The topological polar surface area (TPSA) is 50.1 Å². The Kier molecular flexibility index (Phi) is 3.47. The van der Waals surface area contributed by atoms with Gasteiger partial charge in [-0.15, -0.1) is 0 Å². The van der Waals surface area contributed by atoms with Crippen LogP contribution in [0, 0.1) is 21.8 Å². The van der Waals surface area contributed by atoms with Crippen molar-refractivity contribution < 1.29 is 9.53 Å². The third-order valence-electron chi connectivity index (χ3n) is 1.88. The number of benzene rings is 1. The van der Waals surface area contributed by atoms with Crippen molar-refractivity contribution in [2.75, 3.05) is 7.11 Å². The predicted octanol–water partition coefficient (Wildman–Crippen LogP) is 2.26.